The number of nitrogens with zero attached hydrogens (tertiary/aromatic N) is 2. The Balaban J connectivity index is 1.67. The lowest BCUT2D eigenvalue weighted by atomic mass is 10.2. The second-order valence-electron chi connectivity index (χ2n) is 5.78. The zero-order valence-corrected chi connectivity index (χ0v) is 14.7. The van der Waals surface area contributed by atoms with Gasteiger partial charge in [0.25, 0.3) is 0 Å². The van der Waals surface area contributed by atoms with E-state index >= 15 is 0 Å². The van der Waals surface area contributed by atoms with Gasteiger partial charge in [-0.3, -0.25) is 4.21 Å². The fraction of sp³-hybridized carbons (Fsp3) is 0.588. The highest BCUT2D eigenvalue weighted by atomic mass is 32.2. The van der Waals surface area contributed by atoms with Crippen molar-refractivity contribution in [2.75, 3.05) is 45.0 Å². The van der Waals surface area contributed by atoms with Gasteiger partial charge in [-0.1, -0.05) is 37.3 Å². The first-order valence-corrected chi connectivity index (χ1v) is 9.82. The molecule has 6 heteroatoms. The van der Waals surface area contributed by atoms with Crippen molar-refractivity contribution < 1.29 is 9.00 Å². The van der Waals surface area contributed by atoms with E-state index in [-0.39, 0.29) is 6.03 Å². The Kier molecular flexibility index (Phi) is 7.55. The number of benzene rings is 1. The molecule has 23 heavy (non-hydrogen) atoms. The zero-order valence-electron chi connectivity index (χ0n) is 13.9. The lowest BCUT2D eigenvalue weighted by Crippen LogP contribution is -2.43. The summed E-state index contributed by atoms with van der Waals surface area (Å²) in [4.78, 5) is 16.4. The highest BCUT2D eigenvalue weighted by Crippen LogP contribution is 2.04. The normalized spacial score (nSPS) is 17.5. The lowest BCUT2D eigenvalue weighted by molar-refractivity contribution is 0.199. The highest BCUT2D eigenvalue weighted by molar-refractivity contribution is 7.84. The fourth-order valence-corrected chi connectivity index (χ4v) is 3.74. The molecule has 1 fully saturated rings. The number of hydrogen-bond acceptors (Lipinski definition) is 3. The smallest absolute Gasteiger partial charge is 0.317 e. The van der Waals surface area contributed by atoms with E-state index in [1.165, 1.54) is 0 Å². The fourth-order valence-electron chi connectivity index (χ4n) is 2.71. The number of carbonyl (C=O) groups excluding carboxylic acids is 1. The minimum absolute atomic E-state index is 0.0281. The van der Waals surface area contributed by atoms with Gasteiger partial charge in [-0.05, 0) is 25.1 Å². The Hall–Kier alpha value is -1.40. The van der Waals surface area contributed by atoms with Crippen LogP contribution in [0.25, 0.3) is 0 Å². The maximum Gasteiger partial charge on any atom is 0.317 e. The minimum atomic E-state index is -0.944. The quantitative estimate of drug-likeness (QED) is 0.859. The Labute approximate surface area is 141 Å². The summed E-state index contributed by atoms with van der Waals surface area (Å²) in [6.07, 6.45) is 1.02. The lowest BCUT2D eigenvalue weighted by Gasteiger charge is -2.21. The van der Waals surface area contributed by atoms with Crippen LogP contribution in [0.4, 0.5) is 4.79 Å². The molecule has 5 nitrogen and oxygen atoms in total. The molecular weight excluding hydrogens is 310 g/mol. The van der Waals surface area contributed by atoms with Gasteiger partial charge in [-0.25, -0.2) is 4.79 Å². The second-order valence-corrected chi connectivity index (χ2v) is 7.36. The third-order valence-corrected chi connectivity index (χ3v) is 5.41. The van der Waals surface area contributed by atoms with Crippen LogP contribution in [0.2, 0.25) is 0 Å². The monoisotopic (exact) mass is 337 g/mol. The van der Waals surface area contributed by atoms with E-state index in [2.05, 4.69) is 17.1 Å². The predicted molar refractivity (Wildman–Crippen MR) is 94.9 cm³/mol. The van der Waals surface area contributed by atoms with Gasteiger partial charge in [0.1, 0.15) is 0 Å². The third kappa shape index (κ3) is 6.31. The summed E-state index contributed by atoms with van der Waals surface area (Å²) < 4.78 is 12.0. The molecule has 1 aromatic rings. The van der Waals surface area contributed by atoms with E-state index in [1.54, 1.807) is 0 Å². The number of carbonyl (C=O) groups is 1. The van der Waals surface area contributed by atoms with Crippen LogP contribution in [0.3, 0.4) is 0 Å². The summed E-state index contributed by atoms with van der Waals surface area (Å²) in [5.41, 5.74) is 1.07. The first-order valence-electron chi connectivity index (χ1n) is 8.33. The number of hydrogen-bond donors (Lipinski definition) is 1. The molecule has 1 saturated heterocycles. The predicted octanol–water partition coefficient (Wildman–Crippen LogP) is 1.67. The van der Waals surface area contributed by atoms with Crippen LogP contribution in [0.15, 0.2) is 30.3 Å². The van der Waals surface area contributed by atoms with Gasteiger partial charge in [0, 0.05) is 48.5 Å². The van der Waals surface area contributed by atoms with Crippen LogP contribution in [0.1, 0.15) is 18.9 Å². The molecule has 1 aliphatic rings. The number of rotatable bonds is 6. The SMILES string of the molecule is CCN1CCCN(C(=O)NCC[S@@](=O)Cc2ccccc2)CC1. The van der Waals surface area contributed by atoms with E-state index < -0.39 is 10.8 Å². The first kappa shape index (κ1) is 17.9. The topological polar surface area (TPSA) is 52.6 Å². The Bertz CT molecular complexity index is 510. The number of likely N-dealkylation sites (N-methyl/N-ethyl adjacent to an activating group) is 1. The molecule has 1 aliphatic heterocycles. The van der Waals surface area contributed by atoms with Crippen molar-refractivity contribution in [2.24, 2.45) is 0 Å². The van der Waals surface area contributed by atoms with Crippen molar-refractivity contribution in [1.82, 2.24) is 15.1 Å². The molecule has 2 amide bonds. The van der Waals surface area contributed by atoms with Gasteiger partial charge < -0.3 is 15.1 Å². The van der Waals surface area contributed by atoms with Crippen LogP contribution in [0, 0.1) is 0 Å². The zero-order chi connectivity index (χ0) is 16.5. The van der Waals surface area contributed by atoms with E-state index in [4.69, 9.17) is 0 Å². The largest absolute Gasteiger partial charge is 0.337 e. The molecule has 0 spiro atoms. The summed E-state index contributed by atoms with van der Waals surface area (Å²) in [5, 5.41) is 2.91. The van der Waals surface area contributed by atoms with Crippen LogP contribution in [-0.2, 0) is 16.6 Å². The van der Waals surface area contributed by atoms with E-state index in [0.29, 0.717) is 18.1 Å². The van der Waals surface area contributed by atoms with Gasteiger partial charge >= 0.3 is 6.03 Å². The van der Waals surface area contributed by atoms with Crippen LogP contribution in [0.5, 0.6) is 0 Å². The average Bonchev–Trinajstić information content (AvgIpc) is 2.81. The molecule has 0 radical (unpaired) electrons. The molecule has 128 valence electrons. The van der Waals surface area contributed by atoms with Gasteiger partial charge in [0.2, 0.25) is 0 Å². The molecule has 0 saturated carbocycles. The average molecular weight is 337 g/mol. The molecule has 0 aliphatic carbocycles. The third-order valence-electron chi connectivity index (χ3n) is 4.10. The second kappa shape index (κ2) is 9.67. The first-order chi connectivity index (χ1) is 11.2. The van der Waals surface area contributed by atoms with Crippen molar-refractivity contribution >= 4 is 16.8 Å². The van der Waals surface area contributed by atoms with E-state index in [9.17, 15) is 9.00 Å². The number of amides is 2. The van der Waals surface area contributed by atoms with Crippen molar-refractivity contribution in [3.05, 3.63) is 35.9 Å². The minimum Gasteiger partial charge on any atom is -0.337 e. The van der Waals surface area contributed by atoms with Crippen molar-refractivity contribution in [3.8, 4) is 0 Å². The standard InChI is InChI=1S/C17H27N3O2S/c1-2-19-10-6-11-20(13-12-19)17(21)18-9-14-23(22)15-16-7-4-3-5-8-16/h3-5,7-8H,2,6,9-15H2,1H3,(H,18,21)/t23-/m1/s1. The number of nitrogens with one attached hydrogen (secondary N) is 1. The Morgan fingerprint density at radius 3 is 2.70 bits per heavy atom. The van der Waals surface area contributed by atoms with Crippen molar-refractivity contribution in [1.29, 1.82) is 0 Å². The highest BCUT2D eigenvalue weighted by Gasteiger charge is 2.17. The van der Waals surface area contributed by atoms with Crippen molar-refractivity contribution in [3.63, 3.8) is 0 Å². The summed E-state index contributed by atoms with van der Waals surface area (Å²) >= 11 is 0. The molecular formula is C17H27N3O2S. The van der Waals surface area contributed by atoms with Gasteiger partial charge in [-0.15, -0.1) is 0 Å². The van der Waals surface area contributed by atoms with E-state index in [0.717, 1.165) is 44.7 Å². The number of urea groups is 1. The maximum atomic E-state index is 12.2. The molecule has 0 aromatic heterocycles. The molecule has 1 aromatic carbocycles. The summed E-state index contributed by atoms with van der Waals surface area (Å²) in [5.74, 6) is 1.04. The molecule has 1 atom stereocenters. The molecule has 1 heterocycles. The van der Waals surface area contributed by atoms with Gasteiger partial charge in [0.05, 0.1) is 0 Å². The molecule has 2 rings (SSSR count). The summed E-state index contributed by atoms with van der Waals surface area (Å²) in [6.45, 7) is 7.21. The Morgan fingerprint density at radius 1 is 1.17 bits per heavy atom. The summed E-state index contributed by atoms with van der Waals surface area (Å²) in [7, 11) is -0.944. The maximum absolute atomic E-state index is 12.2. The molecule has 0 bridgehead atoms. The van der Waals surface area contributed by atoms with Gasteiger partial charge in [-0.2, -0.15) is 0 Å². The van der Waals surface area contributed by atoms with E-state index in [1.807, 2.05) is 35.2 Å². The van der Waals surface area contributed by atoms with Crippen LogP contribution < -0.4 is 5.32 Å². The van der Waals surface area contributed by atoms with Gasteiger partial charge in [0.15, 0.2) is 0 Å². The molecule has 0 unspecified atom stereocenters. The Morgan fingerprint density at radius 2 is 1.96 bits per heavy atom. The van der Waals surface area contributed by atoms with Crippen molar-refractivity contribution in [2.45, 2.75) is 19.1 Å². The summed E-state index contributed by atoms with van der Waals surface area (Å²) in [6, 6.07) is 9.79. The molecule has 1 N–H and O–H groups in total. The van der Waals surface area contributed by atoms with Crippen LogP contribution in [-0.4, -0.2) is 65.1 Å². The van der Waals surface area contributed by atoms with Crippen LogP contribution >= 0.6 is 0 Å².